The van der Waals surface area contributed by atoms with E-state index >= 15 is 0 Å². The number of aliphatic hydroxyl groups excluding tert-OH is 1. The predicted molar refractivity (Wildman–Crippen MR) is 115 cm³/mol. The van der Waals surface area contributed by atoms with Crippen molar-refractivity contribution < 1.29 is 24.2 Å². The summed E-state index contributed by atoms with van der Waals surface area (Å²) in [7, 11) is 1.53. The minimum absolute atomic E-state index is 0.0537. The van der Waals surface area contributed by atoms with Crippen molar-refractivity contribution in [2.75, 3.05) is 7.11 Å². The van der Waals surface area contributed by atoms with Gasteiger partial charge in [0.1, 0.15) is 18.5 Å². The summed E-state index contributed by atoms with van der Waals surface area (Å²) in [5.41, 5.74) is 2.43. The number of allylic oxidation sites excluding steroid dienone is 5. The third-order valence-corrected chi connectivity index (χ3v) is 5.31. The minimum atomic E-state index is -0.727. The molecule has 0 aliphatic carbocycles. The largest absolute Gasteiger partial charge is 0.455 e. The molecule has 1 aliphatic rings. The smallest absolute Gasteiger partial charge is 0.334 e. The SMILES string of the molecule is CO[C@H]1/C=C/C=C(\C)C[C@H](C)[C@H](O)[C@H](C)/C=C(C)/C=C(\C)C(=O)O[C@@H]1[C@@H](C)C=O. The predicted octanol–water partition coefficient (Wildman–Crippen LogP) is 4.18. The number of cyclic esters (lactones) is 1. The Labute approximate surface area is 175 Å². The van der Waals surface area contributed by atoms with E-state index in [9.17, 15) is 14.7 Å². The molecule has 0 bridgehead atoms. The zero-order valence-corrected chi connectivity index (χ0v) is 18.7. The normalized spacial score (nSPS) is 37.7. The third kappa shape index (κ3) is 7.75. The van der Waals surface area contributed by atoms with Crippen LogP contribution in [0.5, 0.6) is 0 Å². The van der Waals surface area contributed by atoms with Crippen molar-refractivity contribution in [3.05, 3.63) is 47.1 Å². The van der Waals surface area contributed by atoms with Gasteiger partial charge in [0.2, 0.25) is 0 Å². The number of hydrogen-bond donors (Lipinski definition) is 1. The lowest BCUT2D eigenvalue weighted by molar-refractivity contribution is -0.154. The van der Waals surface area contributed by atoms with E-state index in [-0.39, 0.29) is 11.8 Å². The van der Waals surface area contributed by atoms with Gasteiger partial charge in [0.15, 0.2) is 0 Å². The number of rotatable bonds is 3. The lowest BCUT2D eigenvalue weighted by Crippen LogP contribution is -2.37. The fourth-order valence-electron chi connectivity index (χ4n) is 3.60. The summed E-state index contributed by atoms with van der Waals surface area (Å²) < 4.78 is 11.1. The van der Waals surface area contributed by atoms with E-state index in [0.717, 1.165) is 23.9 Å². The Morgan fingerprint density at radius 2 is 1.93 bits per heavy atom. The summed E-state index contributed by atoms with van der Waals surface area (Å²) in [6, 6.07) is 0. The highest BCUT2D eigenvalue weighted by atomic mass is 16.6. The molecule has 1 heterocycles. The molecule has 0 radical (unpaired) electrons. The summed E-state index contributed by atoms with van der Waals surface area (Å²) in [5, 5.41) is 10.7. The Morgan fingerprint density at radius 1 is 1.28 bits per heavy atom. The molecule has 1 rings (SSSR count). The fraction of sp³-hybridized carbons (Fsp3) is 0.583. The maximum absolute atomic E-state index is 12.6. The standard InChI is InChI=1S/C24H36O5/c1-15-9-8-10-21(28-7)23(20(6)14-25)29-24(27)19(5)13-16(2)12-18(4)22(26)17(3)11-15/h8-10,12-14,17-18,20-23,26H,11H2,1-7H3/b10-8+,15-9+,16-12+,19-13+/t17-,18+,20-,21-,22-,23+/m0/s1. The van der Waals surface area contributed by atoms with E-state index in [4.69, 9.17) is 9.47 Å². The molecule has 0 saturated heterocycles. The lowest BCUT2D eigenvalue weighted by Gasteiger charge is -2.26. The molecule has 0 aromatic rings. The van der Waals surface area contributed by atoms with Crippen molar-refractivity contribution in [3.63, 3.8) is 0 Å². The highest BCUT2D eigenvalue weighted by Crippen LogP contribution is 2.23. The average Bonchev–Trinajstić information content (AvgIpc) is 2.67. The van der Waals surface area contributed by atoms with Gasteiger partial charge >= 0.3 is 5.97 Å². The van der Waals surface area contributed by atoms with Crippen molar-refractivity contribution in [2.24, 2.45) is 17.8 Å². The van der Waals surface area contributed by atoms with Gasteiger partial charge in [-0.2, -0.15) is 0 Å². The number of aldehydes is 1. The first-order chi connectivity index (χ1) is 13.6. The molecule has 0 fully saturated rings. The molecular formula is C24H36O5. The van der Waals surface area contributed by atoms with Crippen LogP contribution in [0.3, 0.4) is 0 Å². The first kappa shape index (κ1) is 25.1. The van der Waals surface area contributed by atoms with Crippen molar-refractivity contribution in [1.29, 1.82) is 0 Å². The van der Waals surface area contributed by atoms with Gasteiger partial charge in [-0.15, -0.1) is 0 Å². The van der Waals surface area contributed by atoms with Crippen molar-refractivity contribution in [1.82, 2.24) is 0 Å². The van der Waals surface area contributed by atoms with Crippen LogP contribution in [-0.4, -0.2) is 42.8 Å². The molecule has 5 nitrogen and oxygen atoms in total. The number of carbonyl (C=O) groups excluding carboxylic acids is 2. The summed E-state index contributed by atoms with van der Waals surface area (Å²) in [6.45, 7) is 11.3. The number of methoxy groups -OCH3 is 1. The Bertz CT molecular complexity index is 685. The summed E-state index contributed by atoms with van der Waals surface area (Å²) >= 11 is 0. The van der Waals surface area contributed by atoms with Crippen LogP contribution in [0.4, 0.5) is 0 Å². The Morgan fingerprint density at radius 3 is 2.52 bits per heavy atom. The molecule has 0 spiro atoms. The molecule has 0 amide bonds. The van der Waals surface area contributed by atoms with Gasteiger partial charge in [-0.1, -0.05) is 56.2 Å². The number of esters is 1. The first-order valence-corrected chi connectivity index (χ1v) is 10.2. The van der Waals surface area contributed by atoms with E-state index in [0.29, 0.717) is 5.57 Å². The zero-order chi connectivity index (χ0) is 22.1. The van der Waals surface area contributed by atoms with Crippen molar-refractivity contribution >= 4 is 12.3 Å². The summed E-state index contributed by atoms with van der Waals surface area (Å²) in [4.78, 5) is 24.0. The molecule has 162 valence electrons. The lowest BCUT2D eigenvalue weighted by atomic mass is 9.87. The van der Waals surface area contributed by atoms with Gasteiger partial charge in [-0.3, -0.25) is 0 Å². The van der Waals surface area contributed by atoms with Crippen LogP contribution < -0.4 is 0 Å². The molecule has 1 aliphatic heterocycles. The van der Waals surface area contributed by atoms with E-state index in [1.165, 1.54) is 7.11 Å². The van der Waals surface area contributed by atoms with Gasteiger partial charge in [-0.25, -0.2) is 4.79 Å². The number of carbonyl (C=O) groups is 2. The second kappa shape index (κ2) is 11.9. The fourth-order valence-corrected chi connectivity index (χ4v) is 3.60. The Kier molecular flexibility index (Phi) is 10.3. The minimum Gasteiger partial charge on any atom is -0.455 e. The second-order valence-electron chi connectivity index (χ2n) is 8.23. The molecular weight excluding hydrogens is 368 g/mol. The molecule has 5 heteroatoms. The summed E-state index contributed by atoms with van der Waals surface area (Å²) in [5.74, 6) is -0.978. The van der Waals surface area contributed by atoms with Gasteiger partial charge in [0.25, 0.3) is 0 Å². The number of ether oxygens (including phenoxy) is 2. The van der Waals surface area contributed by atoms with Crippen LogP contribution in [-0.2, 0) is 19.1 Å². The second-order valence-corrected chi connectivity index (χ2v) is 8.23. The van der Waals surface area contributed by atoms with Crippen molar-refractivity contribution in [3.8, 4) is 0 Å². The van der Waals surface area contributed by atoms with Crippen LogP contribution in [0.25, 0.3) is 0 Å². The van der Waals surface area contributed by atoms with Gasteiger partial charge < -0.3 is 19.4 Å². The Balaban J connectivity index is 3.36. The maximum atomic E-state index is 12.6. The van der Waals surface area contributed by atoms with Crippen LogP contribution in [0.2, 0.25) is 0 Å². The van der Waals surface area contributed by atoms with E-state index in [1.807, 2.05) is 45.9 Å². The molecule has 0 saturated carbocycles. The zero-order valence-electron chi connectivity index (χ0n) is 18.7. The third-order valence-electron chi connectivity index (χ3n) is 5.31. The van der Waals surface area contributed by atoms with Crippen molar-refractivity contribution in [2.45, 2.75) is 66.3 Å². The average molecular weight is 405 g/mol. The van der Waals surface area contributed by atoms with Crippen LogP contribution in [0.1, 0.15) is 48.0 Å². The Hall–Kier alpha value is -1.98. The van der Waals surface area contributed by atoms with Gasteiger partial charge in [0.05, 0.1) is 12.0 Å². The molecule has 1 N–H and O–H groups in total. The number of aliphatic hydroxyl groups is 1. The van der Waals surface area contributed by atoms with E-state index in [1.54, 1.807) is 26.0 Å². The van der Waals surface area contributed by atoms with Gasteiger partial charge in [-0.05, 0) is 39.2 Å². The number of hydrogen-bond acceptors (Lipinski definition) is 5. The molecule has 0 aromatic heterocycles. The first-order valence-electron chi connectivity index (χ1n) is 10.2. The molecule has 0 unspecified atom stereocenters. The van der Waals surface area contributed by atoms with Gasteiger partial charge in [0, 0.05) is 18.6 Å². The van der Waals surface area contributed by atoms with Crippen LogP contribution >= 0.6 is 0 Å². The van der Waals surface area contributed by atoms with E-state index in [2.05, 4.69) is 0 Å². The van der Waals surface area contributed by atoms with Crippen LogP contribution in [0, 0.1) is 17.8 Å². The summed E-state index contributed by atoms with van der Waals surface area (Å²) in [6.07, 6.45) is 9.07. The highest BCUT2D eigenvalue weighted by Gasteiger charge is 2.29. The maximum Gasteiger partial charge on any atom is 0.334 e. The monoisotopic (exact) mass is 404 g/mol. The molecule has 6 atom stereocenters. The van der Waals surface area contributed by atoms with Crippen LogP contribution in [0.15, 0.2) is 47.1 Å². The quantitative estimate of drug-likeness (QED) is 0.564. The molecule has 29 heavy (non-hydrogen) atoms. The van der Waals surface area contributed by atoms with E-state index < -0.39 is 30.2 Å². The molecule has 0 aromatic carbocycles. The highest BCUT2D eigenvalue weighted by molar-refractivity contribution is 5.88. The topological polar surface area (TPSA) is 72.8 Å².